The van der Waals surface area contributed by atoms with Gasteiger partial charge in [0.15, 0.2) is 0 Å². The Bertz CT molecular complexity index is 1230. The van der Waals surface area contributed by atoms with Crippen molar-refractivity contribution in [3.8, 4) is 0 Å². The van der Waals surface area contributed by atoms with Crippen LogP contribution >= 0.6 is 0 Å². The third kappa shape index (κ3) is 5.24. The molecule has 1 aromatic carbocycles. The number of fused-ring (bicyclic) bond motifs is 1. The number of amides is 2. The number of nitrogens with one attached hydrogen (secondary N) is 3. The van der Waals surface area contributed by atoms with Crippen LogP contribution in [0.5, 0.6) is 0 Å². The van der Waals surface area contributed by atoms with Gasteiger partial charge >= 0.3 is 0 Å². The third-order valence-electron chi connectivity index (χ3n) is 6.34. The van der Waals surface area contributed by atoms with Gasteiger partial charge in [0.1, 0.15) is 11.7 Å². The molecule has 34 heavy (non-hydrogen) atoms. The number of carbonyl (C=O) groups excluding carboxylic acids is 2. The van der Waals surface area contributed by atoms with E-state index in [9.17, 15) is 9.59 Å². The summed E-state index contributed by atoms with van der Waals surface area (Å²) < 4.78 is 0. The molecule has 0 radical (unpaired) electrons. The lowest BCUT2D eigenvalue weighted by molar-refractivity contribution is -0.130. The molecule has 5 heteroatoms. The number of aromatic nitrogens is 1. The van der Waals surface area contributed by atoms with Gasteiger partial charge in [-0.1, -0.05) is 49.3 Å². The summed E-state index contributed by atoms with van der Waals surface area (Å²) in [5.41, 5.74) is 7.76. The van der Waals surface area contributed by atoms with Gasteiger partial charge in [-0.2, -0.15) is 0 Å². The smallest absolute Gasteiger partial charge is 0.268 e. The Morgan fingerprint density at radius 2 is 1.71 bits per heavy atom. The van der Waals surface area contributed by atoms with Crippen molar-refractivity contribution in [3.05, 3.63) is 76.2 Å². The number of hydrogen-bond donors (Lipinski definition) is 3. The van der Waals surface area contributed by atoms with Crippen molar-refractivity contribution >= 4 is 28.8 Å². The molecule has 0 bridgehead atoms. The van der Waals surface area contributed by atoms with E-state index in [4.69, 9.17) is 0 Å². The SMILES string of the molecule is C=CC(C)(C)c1[nH]c2ccc(CC=C(C)C)c(CC=C(C)C)c2c1/C=C1\NC(=O)[C@H](C)NC1=O. The summed E-state index contributed by atoms with van der Waals surface area (Å²) in [5.74, 6) is -0.500. The topological polar surface area (TPSA) is 74.0 Å². The molecule has 1 aliphatic heterocycles. The molecular formula is C29H37N3O2. The molecule has 3 N–H and O–H groups in total. The first-order chi connectivity index (χ1) is 15.9. The summed E-state index contributed by atoms with van der Waals surface area (Å²) in [7, 11) is 0. The Morgan fingerprint density at radius 3 is 2.32 bits per heavy atom. The fraction of sp³-hybridized carbons (Fsp3) is 0.379. The molecule has 1 aromatic heterocycles. The Hall–Kier alpha value is -3.34. The van der Waals surface area contributed by atoms with Crippen LogP contribution in [-0.4, -0.2) is 22.8 Å². The normalized spacial score (nSPS) is 17.4. The van der Waals surface area contributed by atoms with Gasteiger partial charge in [-0.3, -0.25) is 9.59 Å². The maximum Gasteiger partial charge on any atom is 0.268 e. The van der Waals surface area contributed by atoms with Crippen LogP contribution in [-0.2, 0) is 27.8 Å². The number of hydrogen-bond acceptors (Lipinski definition) is 2. The molecule has 5 nitrogen and oxygen atoms in total. The maximum absolute atomic E-state index is 12.7. The second kappa shape index (κ2) is 9.88. The minimum absolute atomic E-state index is 0.218. The van der Waals surface area contributed by atoms with Gasteiger partial charge in [-0.05, 0) is 70.7 Å². The van der Waals surface area contributed by atoms with E-state index in [1.165, 1.54) is 22.3 Å². The van der Waals surface area contributed by atoms with Crippen LogP contribution in [0.15, 0.2) is 53.8 Å². The van der Waals surface area contributed by atoms with E-state index >= 15 is 0 Å². The molecule has 0 spiro atoms. The van der Waals surface area contributed by atoms with Crippen LogP contribution in [0.3, 0.4) is 0 Å². The molecular weight excluding hydrogens is 422 g/mol. The molecule has 0 aliphatic carbocycles. The van der Waals surface area contributed by atoms with E-state index in [-0.39, 0.29) is 22.9 Å². The van der Waals surface area contributed by atoms with E-state index < -0.39 is 6.04 Å². The highest BCUT2D eigenvalue weighted by Crippen LogP contribution is 2.37. The fourth-order valence-electron chi connectivity index (χ4n) is 4.11. The number of aromatic amines is 1. The van der Waals surface area contributed by atoms with Crippen molar-refractivity contribution in [3.63, 3.8) is 0 Å². The maximum atomic E-state index is 12.7. The summed E-state index contributed by atoms with van der Waals surface area (Å²) in [4.78, 5) is 28.7. The van der Waals surface area contributed by atoms with Crippen molar-refractivity contribution in [2.75, 3.05) is 0 Å². The molecule has 0 unspecified atom stereocenters. The number of H-pyrrole nitrogens is 1. The largest absolute Gasteiger partial charge is 0.357 e. The lowest BCUT2D eigenvalue weighted by Crippen LogP contribution is -2.53. The van der Waals surface area contributed by atoms with Crippen LogP contribution in [0.2, 0.25) is 0 Å². The predicted molar refractivity (Wildman–Crippen MR) is 142 cm³/mol. The van der Waals surface area contributed by atoms with Gasteiger partial charge in [-0.15, -0.1) is 6.58 Å². The highest BCUT2D eigenvalue weighted by molar-refractivity contribution is 6.09. The molecule has 3 rings (SSSR count). The average molecular weight is 460 g/mol. The number of piperazine rings is 1. The minimum Gasteiger partial charge on any atom is -0.357 e. The zero-order chi connectivity index (χ0) is 25.2. The fourth-order valence-corrected chi connectivity index (χ4v) is 4.11. The first-order valence-electron chi connectivity index (χ1n) is 11.8. The first kappa shape index (κ1) is 25.3. The molecule has 2 amide bonds. The molecule has 1 saturated heterocycles. The zero-order valence-electron chi connectivity index (χ0n) is 21.5. The highest BCUT2D eigenvalue weighted by atomic mass is 16.2. The summed E-state index contributed by atoms with van der Waals surface area (Å²) >= 11 is 0. The Kier molecular flexibility index (Phi) is 7.35. The van der Waals surface area contributed by atoms with Crippen molar-refractivity contribution in [2.24, 2.45) is 0 Å². The van der Waals surface area contributed by atoms with Crippen molar-refractivity contribution < 1.29 is 9.59 Å². The molecule has 2 heterocycles. The zero-order valence-corrected chi connectivity index (χ0v) is 21.5. The third-order valence-corrected chi connectivity index (χ3v) is 6.34. The minimum atomic E-state index is -0.555. The number of benzene rings is 1. The van der Waals surface area contributed by atoms with Gasteiger partial charge in [0.25, 0.3) is 5.91 Å². The summed E-state index contributed by atoms with van der Waals surface area (Å²) in [6.45, 7) is 18.3. The van der Waals surface area contributed by atoms with Gasteiger partial charge in [-0.25, -0.2) is 0 Å². The van der Waals surface area contributed by atoms with E-state index in [2.05, 4.69) is 88.0 Å². The molecule has 2 aromatic rings. The van der Waals surface area contributed by atoms with Gasteiger partial charge in [0, 0.05) is 27.6 Å². The average Bonchev–Trinajstić information content (AvgIpc) is 3.14. The predicted octanol–water partition coefficient (Wildman–Crippen LogP) is 5.62. The monoisotopic (exact) mass is 459 g/mol. The standard InChI is InChI=1S/C29H37N3O2/c1-9-29(7,8)26-22(16-24-28(34)30-19(6)27(33)32-24)25-21(14-11-18(4)5)20(12-10-17(2)3)13-15-23(25)31-26/h9-11,13,15-16,19,31H,1,12,14H2,2-8H3,(H,30,34)(H,32,33)/b24-16-/t19-/m0/s1. The first-order valence-corrected chi connectivity index (χ1v) is 11.8. The van der Waals surface area contributed by atoms with E-state index in [0.29, 0.717) is 0 Å². The number of carbonyl (C=O) groups is 2. The lowest BCUT2D eigenvalue weighted by atomic mass is 9.85. The molecule has 1 aliphatic rings. The van der Waals surface area contributed by atoms with Crippen LogP contribution in [0, 0.1) is 0 Å². The Morgan fingerprint density at radius 1 is 1.06 bits per heavy atom. The van der Waals surface area contributed by atoms with E-state index in [1.807, 2.05) is 12.2 Å². The van der Waals surface area contributed by atoms with Crippen LogP contribution < -0.4 is 10.6 Å². The highest BCUT2D eigenvalue weighted by Gasteiger charge is 2.29. The van der Waals surface area contributed by atoms with Crippen LogP contribution in [0.4, 0.5) is 0 Å². The molecule has 180 valence electrons. The second-order valence-corrected chi connectivity index (χ2v) is 10.2. The molecule has 0 saturated carbocycles. The lowest BCUT2D eigenvalue weighted by Gasteiger charge is -2.23. The molecule has 1 atom stereocenters. The second-order valence-electron chi connectivity index (χ2n) is 10.2. The Labute approximate surface area is 203 Å². The van der Waals surface area contributed by atoms with Gasteiger partial charge in [0.05, 0.1) is 0 Å². The van der Waals surface area contributed by atoms with Crippen molar-refractivity contribution in [1.82, 2.24) is 15.6 Å². The van der Waals surface area contributed by atoms with E-state index in [0.717, 1.165) is 35.0 Å². The quantitative estimate of drug-likeness (QED) is 0.371. The Balaban J connectivity index is 2.36. The number of rotatable bonds is 7. The number of allylic oxidation sites excluding steroid dienone is 5. The van der Waals surface area contributed by atoms with Crippen molar-refractivity contribution in [2.45, 2.75) is 72.8 Å². The van der Waals surface area contributed by atoms with Crippen LogP contribution in [0.25, 0.3) is 17.0 Å². The summed E-state index contributed by atoms with van der Waals surface area (Å²) in [6.07, 6.45) is 9.81. The van der Waals surface area contributed by atoms with Gasteiger partial charge in [0.2, 0.25) is 5.91 Å². The van der Waals surface area contributed by atoms with Gasteiger partial charge < -0.3 is 15.6 Å². The van der Waals surface area contributed by atoms with Crippen LogP contribution in [0.1, 0.15) is 70.9 Å². The van der Waals surface area contributed by atoms with E-state index in [1.54, 1.807) is 6.92 Å². The summed E-state index contributed by atoms with van der Waals surface area (Å²) in [6, 6.07) is 3.74. The molecule has 1 fully saturated rings. The summed E-state index contributed by atoms with van der Waals surface area (Å²) in [5, 5.41) is 6.61. The van der Waals surface area contributed by atoms with Crippen molar-refractivity contribution in [1.29, 1.82) is 0 Å².